The summed E-state index contributed by atoms with van der Waals surface area (Å²) in [5.74, 6) is -0.550. The molecule has 3 aromatic rings. The number of hydrogen-bond donors (Lipinski definition) is 3. The molecular formula is C23H24N2O4S. The Morgan fingerprint density at radius 2 is 1.40 bits per heavy atom. The molecule has 0 bridgehead atoms. The minimum absolute atomic E-state index is 0.0823. The van der Waals surface area contributed by atoms with E-state index in [9.17, 15) is 17.8 Å². The molecule has 0 aliphatic carbocycles. The average Bonchev–Trinajstić information content (AvgIpc) is 2.74. The van der Waals surface area contributed by atoms with E-state index in [2.05, 4.69) is 10.6 Å². The number of benzene rings is 3. The quantitative estimate of drug-likeness (QED) is 0.459. The highest BCUT2D eigenvalue weighted by Crippen LogP contribution is 2.15. The second-order valence-electron chi connectivity index (χ2n) is 6.95. The molecule has 3 N–H and O–H groups in total. The molecule has 0 spiro atoms. The summed E-state index contributed by atoms with van der Waals surface area (Å²) in [6.07, 6.45) is 0.572. The van der Waals surface area contributed by atoms with Gasteiger partial charge in [0.15, 0.2) is 0 Å². The summed E-state index contributed by atoms with van der Waals surface area (Å²) in [6, 6.07) is 25.0. The maximum atomic E-state index is 12.8. The van der Waals surface area contributed by atoms with Gasteiger partial charge in [0.05, 0.1) is 5.56 Å². The number of nitrogens with one attached hydrogen (secondary N) is 2. The first-order valence-electron chi connectivity index (χ1n) is 9.59. The molecule has 3 aromatic carbocycles. The van der Waals surface area contributed by atoms with Crippen LogP contribution in [0.2, 0.25) is 0 Å². The van der Waals surface area contributed by atoms with Gasteiger partial charge in [-0.2, -0.15) is 8.42 Å². The Balaban J connectivity index is 1.74. The van der Waals surface area contributed by atoms with E-state index in [0.717, 1.165) is 11.1 Å². The van der Waals surface area contributed by atoms with Gasteiger partial charge in [0.2, 0.25) is 0 Å². The SMILES string of the molecule is O=C(N[C@H](CNCc1ccccc1)Cc1ccccc1)c1ccccc1S(=O)(=O)O. The predicted molar refractivity (Wildman–Crippen MR) is 116 cm³/mol. The smallest absolute Gasteiger partial charge is 0.295 e. The van der Waals surface area contributed by atoms with Crippen LogP contribution in [0.5, 0.6) is 0 Å². The maximum absolute atomic E-state index is 12.8. The van der Waals surface area contributed by atoms with Gasteiger partial charge in [-0.15, -0.1) is 0 Å². The number of rotatable bonds is 9. The van der Waals surface area contributed by atoms with Gasteiger partial charge in [0, 0.05) is 19.1 Å². The van der Waals surface area contributed by atoms with Crippen molar-refractivity contribution in [1.82, 2.24) is 10.6 Å². The van der Waals surface area contributed by atoms with E-state index in [-0.39, 0.29) is 11.6 Å². The lowest BCUT2D eigenvalue weighted by molar-refractivity contribution is 0.0932. The van der Waals surface area contributed by atoms with E-state index in [4.69, 9.17) is 0 Å². The third kappa shape index (κ3) is 6.25. The molecule has 6 nitrogen and oxygen atoms in total. The maximum Gasteiger partial charge on any atom is 0.295 e. The van der Waals surface area contributed by atoms with Crippen LogP contribution in [0.25, 0.3) is 0 Å². The van der Waals surface area contributed by atoms with Gasteiger partial charge in [0.1, 0.15) is 4.90 Å². The van der Waals surface area contributed by atoms with Gasteiger partial charge in [-0.25, -0.2) is 0 Å². The predicted octanol–water partition coefficient (Wildman–Crippen LogP) is 3.06. The molecule has 0 heterocycles. The summed E-state index contributed by atoms with van der Waals surface area (Å²) in [6.45, 7) is 1.13. The second-order valence-corrected chi connectivity index (χ2v) is 8.34. The minimum Gasteiger partial charge on any atom is -0.348 e. The van der Waals surface area contributed by atoms with Crippen LogP contribution in [0.4, 0.5) is 0 Å². The van der Waals surface area contributed by atoms with Crippen molar-refractivity contribution in [3.05, 3.63) is 102 Å². The highest BCUT2D eigenvalue weighted by Gasteiger charge is 2.22. The Morgan fingerprint density at radius 1 is 0.833 bits per heavy atom. The van der Waals surface area contributed by atoms with Crippen molar-refractivity contribution in [2.75, 3.05) is 6.54 Å². The molecule has 1 atom stereocenters. The summed E-state index contributed by atoms with van der Waals surface area (Å²) >= 11 is 0. The molecule has 0 saturated heterocycles. The zero-order valence-electron chi connectivity index (χ0n) is 16.4. The van der Waals surface area contributed by atoms with Crippen LogP contribution in [-0.2, 0) is 23.1 Å². The van der Waals surface area contributed by atoms with Crippen LogP contribution >= 0.6 is 0 Å². The van der Waals surface area contributed by atoms with E-state index in [1.54, 1.807) is 6.07 Å². The molecule has 0 aliphatic heterocycles. The summed E-state index contributed by atoms with van der Waals surface area (Å²) in [4.78, 5) is 12.4. The van der Waals surface area contributed by atoms with Crippen LogP contribution in [0.3, 0.4) is 0 Å². The van der Waals surface area contributed by atoms with Crippen molar-refractivity contribution >= 4 is 16.0 Å². The van der Waals surface area contributed by atoms with Gasteiger partial charge in [-0.05, 0) is 29.7 Å². The highest BCUT2D eigenvalue weighted by molar-refractivity contribution is 7.86. The first kappa shape index (κ1) is 21.7. The van der Waals surface area contributed by atoms with Crippen LogP contribution < -0.4 is 10.6 Å². The summed E-state index contributed by atoms with van der Waals surface area (Å²) in [7, 11) is -4.50. The fraction of sp³-hybridized carbons (Fsp3) is 0.174. The molecule has 0 saturated carbocycles. The molecular weight excluding hydrogens is 400 g/mol. The molecule has 3 rings (SSSR count). The van der Waals surface area contributed by atoms with E-state index in [1.165, 1.54) is 18.2 Å². The molecule has 30 heavy (non-hydrogen) atoms. The van der Waals surface area contributed by atoms with E-state index in [1.807, 2.05) is 60.7 Å². The number of carbonyl (C=O) groups excluding carboxylic acids is 1. The lowest BCUT2D eigenvalue weighted by atomic mass is 10.0. The van der Waals surface area contributed by atoms with Gasteiger partial charge in [-0.1, -0.05) is 72.8 Å². The topological polar surface area (TPSA) is 95.5 Å². The standard InChI is InChI=1S/C23H24N2O4S/c26-23(21-13-7-8-14-22(21)30(27,28)29)25-20(15-18-9-3-1-4-10-18)17-24-16-19-11-5-2-6-12-19/h1-14,20,24H,15-17H2,(H,25,26)(H,27,28,29)/t20-/m0/s1. The fourth-order valence-corrected chi connectivity index (χ4v) is 3.89. The van der Waals surface area contributed by atoms with Crippen molar-refractivity contribution in [3.8, 4) is 0 Å². The lowest BCUT2D eigenvalue weighted by Gasteiger charge is -2.20. The van der Waals surface area contributed by atoms with E-state index >= 15 is 0 Å². The molecule has 1 amide bonds. The van der Waals surface area contributed by atoms with Crippen LogP contribution in [0, 0.1) is 0 Å². The number of carbonyl (C=O) groups is 1. The third-order valence-electron chi connectivity index (χ3n) is 4.63. The summed E-state index contributed by atoms with van der Waals surface area (Å²) < 4.78 is 32.7. The van der Waals surface area contributed by atoms with Crippen molar-refractivity contribution in [3.63, 3.8) is 0 Å². The van der Waals surface area contributed by atoms with Gasteiger partial charge < -0.3 is 10.6 Å². The molecule has 7 heteroatoms. The summed E-state index contributed by atoms with van der Waals surface area (Å²) in [5.41, 5.74) is 2.09. The normalized spacial score (nSPS) is 12.3. The van der Waals surface area contributed by atoms with Crippen molar-refractivity contribution in [2.24, 2.45) is 0 Å². The molecule has 0 unspecified atom stereocenters. The molecule has 0 aromatic heterocycles. The first-order valence-corrected chi connectivity index (χ1v) is 11.0. The average molecular weight is 425 g/mol. The third-order valence-corrected chi connectivity index (χ3v) is 5.54. The van der Waals surface area contributed by atoms with Crippen LogP contribution in [0.15, 0.2) is 89.8 Å². The van der Waals surface area contributed by atoms with Gasteiger partial charge in [0.25, 0.3) is 16.0 Å². The van der Waals surface area contributed by atoms with Crippen molar-refractivity contribution < 1.29 is 17.8 Å². The van der Waals surface area contributed by atoms with Crippen molar-refractivity contribution in [1.29, 1.82) is 0 Å². The van der Waals surface area contributed by atoms with Crippen molar-refractivity contribution in [2.45, 2.75) is 23.9 Å². The zero-order chi connectivity index (χ0) is 21.4. The number of hydrogen-bond acceptors (Lipinski definition) is 4. The van der Waals surface area contributed by atoms with Gasteiger partial charge >= 0.3 is 0 Å². The Bertz CT molecular complexity index is 1070. The Morgan fingerprint density at radius 3 is 2.03 bits per heavy atom. The second kappa shape index (κ2) is 10.2. The van der Waals surface area contributed by atoms with Gasteiger partial charge in [-0.3, -0.25) is 9.35 Å². The molecule has 156 valence electrons. The first-order chi connectivity index (χ1) is 14.4. The van der Waals surface area contributed by atoms with Crippen LogP contribution in [-0.4, -0.2) is 31.5 Å². The summed E-state index contributed by atoms with van der Waals surface area (Å²) in [5, 5.41) is 6.24. The Hall–Kier alpha value is -3.00. The largest absolute Gasteiger partial charge is 0.348 e. The number of amides is 1. The molecule has 0 aliphatic rings. The molecule has 0 radical (unpaired) electrons. The van der Waals surface area contributed by atoms with E-state index < -0.39 is 20.9 Å². The lowest BCUT2D eigenvalue weighted by Crippen LogP contribution is -2.43. The van der Waals surface area contributed by atoms with Crippen LogP contribution in [0.1, 0.15) is 21.5 Å². The van der Waals surface area contributed by atoms with E-state index in [0.29, 0.717) is 19.5 Å². The molecule has 0 fully saturated rings. The fourth-order valence-electron chi connectivity index (χ4n) is 3.20. The Kier molecular flexibility index (Phi) is 7.35. The zero-order valence-corrected chi connectivity index (χ0v) is 17.2. The minimum atomic E-state index is -4.50. The highest BCUT2D eigenvalue weighted by atomic mass is 32.2. The monoisotopic (exact) mass is 424 g/mol. The Labute approximate surface area is 176 Å².